The van der Waals surface area contributed by atoms with E-state index in [0.717, 1.165) is 0 Å². The molecule has 1 heterocycles. The Morgan fingerprint density at radius 3 is 2.64 bits per heavy atom. The molecule has 0 aromatic carbocycles. The zero-order chi connectivity index (χ0) is 10.7. The number of carbonyl (C=O) groups is 1. The van der Waals surface area contributed by atoms with E-state index < -0.39 is 5.97 Å². The summed E-state index contributed by atoms with van der Waals surface area (Å²) in [6.07, 6.45) is 0. The lowest BCUT2D eigenvalue weighted by atomic mass is 10.2. The number of esters is 1. The van der Waals surface area contributed by atoms with Gasteiger partial charge in [0.1, 0.15) is 5.56 Å². The van der Waals surface area contributed by atoms with Crippen molar-refractivity contribution in [2.75, 3.05) is 20.0 Å². The fourth-order valence-electron chi connectivity index (χ4n) is 1.12. The summed E-state index contributed by atoms with van der Waals surface area (Å²) in [5.41, 5.74) is 6.81. The lowest BCUT2D eigenvalue weighted by molar-refractivity contribution is 0.0597. The molecule has 0 aliphatic heterocycles. The Kier molecular flexibility index (Phi) is 2.91. The van der Waals surface area contributed by atoms with Crippen LogP contribution in [0.1, 0.15) is 16.1 Å². The first kappa shape index (κ1) is 10.3. The topological polar surface area (TPSA) is 74.4 Å². The maximum atomic E-state index is 11.3. The molecule has 0 aliphatic rings. The monoisotopic (exact) mass is 196 g/mol. The smallest absolute Gasteiger partial charge is 0.345 e. The highest BCUT2D eigenvalue weighted by molar-refractivity contribution is 5.97. The fraction of sp³-hybridized carbons (Fsp3) is 0.333. The number of carbonyl (C=O) groups excluding carboxylic acids is 1. The van der Waals surface area contributed by atoms with Crippen molar-refractivity contribution in [3.8, 4) is 5.88 Å². The third kappa shape index (κ3) is 1.76. The van der Waals surface area contributed by atoms with Gasteiger partial charge in [-0.15, -0.1) is 0 Å². The molecule has 0 radical (unpaired) electrons. The van der Waals surface area contributed by atoms with Crippen molar-refractivity contribution in [3.05, 3.63) is 17.3 Å². The minimum atomic E-state index is -0.549. The molecule has 0 spiro atoms. The number of aromatic nitrogens is 1. The van der Waals surface area contributed by atoms with Crippen LogP contribution in [0.25, 0.3) is 0 Å². The first-order valence-corrected chi connectivity index (χ1v) is 3.99. The molecule has 2 N–H and O–H groups in total. The molecule has 0 saturated heterocycles. The summed E-state index contributed by atoms with van der Waals surface area (Å²) in [6.45, 7) is 1.76. The number of nitrogens with zero attached hydrogens (tertiary/aromatic N) is 1. The number of pyridine rings is 1. The molecule has 0 aliphatic carbocycles. The summed E-state index contributed by atoms with van der Waals surface area (Å²) in [5, 5.41) is 0. The van der Waals surface area contributed by atoms with E-state index >= 15 is 0 Å². The summed E-state index contributed by atoms with van der Waals surface area (Å²) in [5.74, 6) is -0.360. The number of methoxy groups -OCH3 is 2. The van der Waals surface area contributed by atoms with E-state index in [4.69, 9.17) is 10.5 Å². The predicted molar refractivity (Wildman–Crippen MR) is 51.3 cm³/mol. The molecule has 0 amide bonds. The first-order chi connectivity index (χ1) is 6.60. The van der Waals surface area contributed by atoms with Gasteiger partial charge >= 0.3 is 5.97 Å². The van der Waals surface area contributed by atoms with E-state index in [1.54, 1.807) is 13.0 Å². The highest BCUT2D eigenvalue weighted by Crippen LogP contribution is 2.23. The Balaban J connectivity index is 3.32. The Labute approximate surface area is 81.8 Å². The second-order valence-corrected chi connectivity index (χ2v) is 2.73. The van der Waals surface area contributed by atoms with Gasteiger partial charge in [0.2, 0.25) is 5.88 Å². The SMILES string of the molecule is COC(=O)c1c(N)cc(C)nc1OC. The third-order valence-corrected chi connectivity index (χ3v) is 1.73. The number of hydrogen-bond acceptors (Lipinski definition) is 5. The molecule has 14 heavy (non-hydrogen) atoms. The van der Waals surface area contributed by atoms with E-state index in [0.29, 0.717) is 11.4 Å². The minimum Gasteiger partial charge on any atom is -0.480 e. The zero-order valence-corrected chi connectivity index (χ0v) is 8.33. The molecule has 5 nitrogen and oxygen atoms in total. The summed E-state index contributed by atoms with van der Waals surface area (Å²) >= 11 is 0. The van der Waals surface area contributed by atoms with Crippen LogP contribution in [0.5, 0.6) is 5.88 Å². The molecular weight excluding hydrogens is 184 g/mol. The Morgan fingerprint density at radius 1 is 1.50 bits per heavy atom. The Bertz CT molecular complexity index is 363. The van der Waals surface area contributed by atoms with Gasteiger partial charge in [-0.3, -0.25) is 0 Å². The highest BCUT2D eigenvalue weighted by atomic mass is 16.5. The fourth-order valence-corrected chi connectivity index (χ4v) is 1.12. The molecule has 0 saturated carbocycles. The number of hydrogen-bond donors (Lipinski definition) is 1. The maximum Gasteiger partial charge on any atom is 0.345 e. The second kappa shape index (κ2) is 3.95. The van der Waals surface area contributed by atoms with Crippen LogP contribution in [-0.4, -0.2) is 25.2 Å². The largest absolute Gasteiger partial charge is 0.480 e. The number of aryl methyl sites for hydroxylation is 1. The quantitative estimate of drug-likeness (QED) is 0.707. The van der Waals surface area contributed by atoms with Crippen LogP contribution < -0.4 is 10.5 Å². The van der Waals surface area contributed by atoms with Crippen LogP contribution in [0.2, 0.25) is 0 Å². The van der Waals surface area contributed by atoms with Gasteiger partial charge in [0, 0.05) is 5.69 Å². The van der Waals surface area contributed by atoms with Crippen molar-refractivity contribution < 1.29 is 14.3 Å². The van der Waals surface area contributed by atoms with Crippen molar-refractivity contribution in [2.24, 2.45) is 0 Å². The van der Waals surface area contributed by atoms with Crippen LogP contribution >= 0.6 is 0 Å². The predicted octanol–water partition coefficient (Wildman–Crippen LogP) is 0.767. The molecule has 1 aromatic heterocycles. The van der Waals surface area contributed by atoms with Crippen molar-refractivity contribution in [1.29, 1.82) is 0 Å². The van der Waals surface area contributed by atoms with E-state index in [1.165, 1.54) is 14.2 Å². The molecule has 0 fully saturated rings. The number of rotatable bonds is 2. The summed E-state index contributed by atoms with van der Waals surface area (Å²) < 4.78 is 9.50. The molecule has 0 unspecified atom stereocenters. The van der Waals surface area contributed by atoms with Crippen LogP contribution in [0.4, 0.5) is 5.69 Å². The van der Waals surface area contributed by atoms with Gasteiger partial charge in [-0.2, -0.15) is 0 Å². The van der Waals surface area contributed by atoms with Gasteiger partial charge < -0.3 is 15.2 Å². The minimum absolute atomic E-state index is 0.167. The maximum absolute atomic E-state index is 11.3. The van der Waals surface area contributed by atoms with Crippen LogP contribution in [0.3, 0.4) is 0 Å². The molecule has 5 heteroatoms. The summed E-state index contributed by atoms with van der Waals surface area (Å²) in [7, 11) is 2.70. The molecular formula is C9H12N2O3. The van der Waals surface area contributed by atoms with Crippen LogP contribution in [0, 0.1) is 6.92 Å². The van der Waals surface area contributed by atoms with Gasteiger partial charge in [-0.25, -0.2) is 9.78 Å². The highest BCUT2D eigenvalue weighted by Gasteiger charge is 2.18. The molecule has 1 aromatic rings. The zero-order valence-electron chi connectivity index (χ0n) is 8.33. The third-order valence-electron chi connectivity index (χ3n) is 1.73. The van der Waals surface area contributed by atoms with Gasteiger partial charge in [0.05, 0.1) is 19.9 Å². The van der Waals surface area contributed by atoms with E-state index in [2.05, 4.69) is 9.72 Å². The lowest BCUT2D eigenvalue weighted by Crippen LogP contribution is -2.10. The molecule has 76 valence electrons. The van der Waals surface area contributed by atoms with Gasteiger partial charge in [0.25, 0.3) is 0 Å². The van der Waals surface area contributed by atoms with Crippen molar-refractivity contribution in [1.82, 2.24) is 4.98 Å². The molecule has 0 atom stereocenters. The van der Waals surface area contributed by atoms with Crippen molar-refractivity contribution in [2.45, 2.75) is 6.92 Å². The standard InChI is InChI=1S/C9H12N2O3/c1-5-4-6(10)7(9(12)14-3)8(11-5)13-2/h4H,1-3H3,(H2,10,11). The van der Waals surface area contributed by atoms with Gasteiger partial charge in [0.15, 0.2) is 0 Å². The van der Waals surface area contributed by atoms with E-state index in [1.807, 2.05) is 0 Å². The van der Waals surface area contributed by atoms with Crippen LogP contribution in [0.15, 0.2) is 6.07 Å². The average molecular weight is 196 g/mol. The number of nitrogen functional groups attached to an aromatic ring is 1. The van der Waals surface area contributed by atoms with Crippen LogP contribution in [-0.2, 0) is 4.74 Å². The summed E-state index contributed by atoms with van der Waals surface area (Å²) in [6, 6.07) is 1.59. The molecule has 1 rings (SSSR count). The van der Waals surface area contributed by atoms with Crippen molar-refractivity contribution in [3.63, 3.8) is 0 Å². The summed E-state index contributed by atoms with van der Waals surface area (Å²) in [4.78, 5) is 15.3. The van der Waals surface area contributed by atoms with Gasteiger partial charge in [-0.05, 0) is 13.0 Å². The first-order valence-electron chi connectivity index (χ1n) is 3.99. The van der Waals surface area contributed by atoms with E-state index in [9.17, 15) is 4.79 Å². The Morgan fingerprint density at radius 2 is 2.14 bits per heavy atom. The van der Waals surface area contributed by atoms with Gasteiger partial charge in [-0.1, -0.05) is 0 Å². The Hall–Kier alpha value is -1.78. The second-order valence-electron chi connectivity index (χ2n) is 2.73. The van der Waals surface area contributed by atoms with E-state index in [-0.39, 0.29) is 11.4 Å². The van der Waals surface area contributed by atoms with Crippen molar-refractivity contribution >= 4 is 11.7 Å². The lowest BCUT2D eigenvalue weighted by Gasteiger charge is -2.09. The molecule has 0 bridgehead atoms. The number of nitrogens with two attached hydrogens (primary N) is 1. The number of anilines is 1. The average Bonchev–Trinajstić information content (AvgIpc) is 2.15. The normalized spacial score (nSPS) is 9.64. The number of ether oxygens (including phenoxy) is 2.